The molecule has 1 aliphatic carbocycles. The molecule has 1 unspecified atom stereocenters. The summed E-state index contributed by atoms with van der Waals surface area (Å²) in [5.41, 5.74) is 2.76. The maximum absolute atomic E-state index is 12.8. The van der Waals surface area contributed by atoms with Crippen LogP contribution in [-0.2, 0) is 4.84 Å². The Morgan fingerprint density at radius 1 is 1.46 bits per heavy atom. The van der Waals surface area contributed by atoms with Crippen molar-refractivity contribution in [2.75, 3.05) is 6.61 Å². The van der Waals surface area contributed by atoms with Gasteiger partial charge in [0, 0.05) is 24.5 Å². The lowest BCUT2D eigenvalue weighted by Gasteiger charge is -2.20. The molecule has 0 saturated carbocycles. The average Bonchev–Trinajstić information content (AvgIpc) is 2.53. The predicted molar refractivity (Wildman–Crippen MR) is 44.0 cm³/mol. The fourth-order valence-electron chi connectivity index (χ4n) is 1.72. The molecule has 0 aromatic carbocycles. The minimum absolute atomic E-state index is 0.0465. The molecule has 1 fully saturated rings. The lowest BCUT2D eigenvalue weighted by molar-refractivity contribution is 0.0807. The quantitative estimate of drug-likeness (QED) is 0.678. The van der Waals surface area contributed by atoms with E-state index in [4.69, 9.17) is 4.84 Å². The van der Waals surface area contributed by atoms with E-state index in [1.165, 1.54) is 6.08 Å². The van der Waals surface area contributed by atoms with E-state index in [2.05, 4.69) is 5.48 Å². The minimum Gasteiger partial charge on any atom is -0.301 e. The maximum Gasteiger partial charge on any atom is 0.122 e. The van der Waals surface area contributed by atoms with Crippen molar-refractivity contribution in [3.63, 3.8) is 0 Å². The monoisotopic (exact) mass is 187 g/mol. The second kappa shape index (κ2) is 3.55. The molecule has 0 amide bonds. The molecule has 2 rings (SSSR count). The van der Waals surface area contributed by atoms with Gasteiger partial charge in [0.05, 0.1) is 6.61 Å². The molecule has 13 heavy (non-hydrogen) atoms. The number of allylic oxidation sites excluding steroid dienone is 3. The highest BCUT2D eigenvalue weighted by molar-refractivity contribution is 5.22. The van der Waals surface area contributed by atoms with Gasteiger partial charge in [0.1, 0.15) is 11.7 Å². The van der Waals surface area contributed by atoms with Gasteiger partial charge in [-0.1, -0.05) is 0 Å². The summed E-state index contributed by atoms with van der Waals surface area (Å²) >= 11 is 0. The molecule has 1 heterocycles. The highest BCUT2D eigenvalue weighted by Crippen LogP contribution is 2.28. The first-order chi connectivity index (χ1) is 6.25. The summed E-state index contributed by atoms with van der Waals surface area (Å²) in [6, 6.07) is 0.0465. The molecule has 72 valence electrons. The van der Waals surface area contributed by atoms with Crippen molar-refractivity contribution >= 4 is 0 Å². The van der Waals surface area contributed by atoms with Crippen molar-refractivity contribution in [1.29, 1.82) is 0 Å². The van der Waals surface area contributed by atoms with Crippen LogP contribution in [-0.4, -0.2) is 12.6 Å². The molecule has 0 bridgehead atoms. The van der Waals surface area contributed by atoms with E-state index in [1.54, 1.807) is 0 Å². The van der Waals surface area contributed by atoms with Crippen LogP contribution in [0.3, 0.4) is 0 Å². The predicted octanol–water partition coefficient (Wildman–Crippen LogP) is 2.01. The Bertz CT molecular complexity index is 256. The lowest BCUT2D eigenvalue weighted by atomic mass is 9.91. The Hall–Kier alpha value is -0.740. The second-order valence-electron chi connectivity index (χ2n) is 3.37. The molecule has 2 nitrogen and oxygen atoms in total. The Morgan fingerprint density at radius 2 is 2.31 bits per heavy atom. The van der Waals surface area contributed by atoms with Gasteiger partial charge in [-0.15, -0.1) is 0 Å². The molecule has 0 radical (unpaired) electrons. The summed E-state index contributed by atoms with van der Waals surface area (Å²) in [6.45, 7) is 0.613. The van der Waals surface area contributed by atoms with Gasteiger partial charge < -0.3 is 4.84 Å². The smallest absolute Gasteiger partial charge is 0.122 e. The van der Waals surface area contributed by atoms with Gasteiger partial charge in [0.25, 0.3) is 0 Å². The average molecular weight is 187 g/mol. The molecule has 1 N–H and O–H groups in total. The van der Waals surface area contributed by atoms with Crippen molar-refractivity contribution in [1.82, 2.24) is 5.48 Å². The molecule has 2 aliphatic rings. The van der Waals surface area contributed by atoms with Crippen molar-refractivity contribution in [2.24, 2.45) is 5.92 Å². The Balaban J connectivity index is 2.05. The third-order valence-electron chi connectivity index (χ3n) is 2.38. The van der Waals surface area contributed by atoms with E-state index in [1.807, 2.05) is 0 Å². The summed E-state index contributed by atoms with van der Waals surface area (Å²) in [6.07, 6.45) is 3.47. The summed E-state index contributed by atoms with van der Waals surface area (Å²) in [7, 11) is 0. The normalized spacial score (nSPS) is 34.3. The number of hydrogen-bond donors (Lipinski definition) is 1. The van der Waals surface area contributed by atoms with Crippen molar-refractivity contribution < 1.29 is 13.6 Å². The molecular formula is C9H11F2NO. The first-order valence-electron chi connectivity index (χ1n) is 4.36. The van der Waals surface area contributed by atoms with Gasteiger partial charge >= 0.3 is 0 Å². The van der Waals surface area contributed by atoms with Crippen LogP contribution in [0.15, 0.2) is 23.8 Å². The molecule has 1 aliphatic heterocycles. The van der Waals surface area contributed by atoms with Crippen molar-refractivity contribution in [2.45, 2.75) is 18.9 Å². The molecule has 0 aromatic heterocycles. The number of hydrogen-bond acceptors (Lipinski definition) is 2. The van der Waals surface area contributed by atoms with E-state index in [0.29, 0.717) is 6.61 Å². The number of rotatable bonds is 1. The van der Waals surface area contributed by atoms with E-state index in [9.17, 15) is 8.78 Å². The van der Waals surface area contributed by atoms with Gasteiger partial charge in [-0.3, -0.25) is 0 Å². The van der Waals surface area contributed by atoms with Crippen LogP contribution >= 0.6 is 0 Å². The summed E-state index contributed by atoms with van der Waals surface area (Å²) in [5.74, 6) is -0.992. The lowest BCUT2D eigenvalue weighted by Crippen LogP contribution is -2.29. The zero-order valence-corrected chi connectivity index (χ0v) is 7.09. The van der Waals surface area contributed by atoms with Crippen molar-refractivity contribution in [3.05, 3.63) is 23.8 Å². The third-order valence-corrected chi connectivity index (χ3v) is 2.38. The highest BCUT2D eigenvalue weighted by atomic mass is 19.1. The number of halogens is 2. The summed E-state index contributed by atoms with van der Waals surface area (Å²) < 4.78 is 25.7. The minimum atomic E-state index is -0.484. The fourth-order valence-corrected chi connectivity index (χ4v) is 1.72. The molecule has 0 spiro atoms. The van der Waals surface area contributed by atoms with Crippen LogP contribution in [0.2, 0.25) is 0 Å². The Labute approximate surface area is 75.2 Å². The maximum atomic E-state index is 12.8. The molecule has 4 heteroatoms. The Kier molecular flexibility index (Phi) is 2.42. The first-order valence-corrected chi connectivity index (χ1v) is 4.36. The highest BCUT2D eigenvalue weighted by Gasteiger charge is 2.27. The summed E-state index contributed by atoms with van der Waals surface area (Å²) in [5, 5.41) is 0. The second-order valence-corrected chi connectivity index (χ2v) is 3.37. The molecule has 0 aromatic rings. The first kappa shape index (κ1) is 8.84. The van der Waals surface area contributed by atoms with Gasteiger partial charge in [-0.2, -0.15) is 5.48 Å². The van der Waals surface area contributed by atoms with Crippen LogP contribution in [0.25, 0.3) is 0 Å². The third kappa shape index (κ3) is 1.95. The molecule has 2 atom stereocenters. The zero-order chi connectivity index (χ0) is 9.26. The van der Waals surface area contributed by atoms with E-state index in [0.717, 1.165) is 12.5 Å². The number of nitrogens with one attached hydrogen (secondary N) is 1. The SMILES string of the molecule is FC1=CC([C@H]2CCON2)CC(F)=C1. The van der Waals surface area contributed by atoms with Gasteiger partial charge in [-0.05, 0) is 12.5 Å². The number of hydroxylamine groups is 1. The van der Waals surface area contributed by atoms with E-state index >= 15 is 0 Å². The van der Waals surface area contributed by atoms with Crippen LogP contribution in [0.1, 0.15) is 12.8 Å². The van der Waals surface area contributed by atoms with E-state index in [-0.39, 0.29) is 18.4 Å². The van der Waals surface area contributed by atoms with Gasteiger partial charge in [-0.25, -0.2) is 8.78 Å². The van der Waals surface area contributed by atoms with Gasteiger partial charge in [0.2, 0.25) is 0 Å². The van der Waals surface area contributed by atoms with Crippen LogP contribution in [0.5, 0.6) is 0 Å². The molecule has 1 saturated heterocycles. The van der Waals surface area contributed by atoms with Crippen LogP contribution < -0.4 is 5.48 Å². The van der Waals surface area contributed by atoms with Crippen LogP contribution in [0.4, 0.5) is 8.78 Å². The topological polar surface area (TPSA) is 21.3 Å². The zero-order valence-electron chi connectivity index (χ0n) is 7.09. The van der Waals surface area contributed by atoms with Gasteiger partial charge in [0.15, 0.2) is 0 Å². The summed E-state index contributed by atoms with van der Waals surface area (Å²) in [4.78, 5) is 4.94. The molecular weight excluding hydrogens is 176 g/mol. The van der Waals surface area contributed by atoms with Crippen molar-refractivity contribution in [3.8, 4) is 0 Å². The largest absolute Gasteiger partial charge is 0.301 e. The standard InChI is InChI=1S/C9H11F2NO/c10-7-3-6(4-8(11)5-7)9-1-2-13-12-9/h3,5-6,9,12H,1-2,4H2/t6?,9-/m1/s1. The van der Waals surface area contributed by atoms with E-state index < -0.39 is 11.7 Å². The Morgan fingerprint density at radius 3 is 2.92 bits per heavy atom. The fraction of sp³-hybridized carbons (Fsp3) is 0.556. The van der Waals surface area contributed by atoms with Crippen LogP contribution in [0, 0.1) is 5.92 Å².